The molecule has 0 bridgehead atoms. The van der Waals surface area contributed by atoms with Crippen molar-refractivity contribution in [3.05, 3.63) is 0 Å². The second kappa shape index (κ2) is 7.64. The zero-order valence-corrected chi connectivity index (χ0v) is 9.85. The summed E-state index contributed by atoms with van der Waals surface area (Å²) >= 11 is 0. The van der Waals surface area contributed by atoms with Gasteiger partial charge in [0.25, 0.3) is 10.1 Å². The number of carbonyl (C=O) groups is 1. The monoisotopic (exact) mass is 237 g/mol. The molecule has 2 N–H and O–H groups in total. The van der Waals surface area contributed by atoms with Crippen molar-refractivity contribution in [2.75, 3.05) is 12.3 Å². The molecule has 0 heterocycles. The molecule has 0 saturated carbocycles. The van der Waals surface area contributed by atoms with Crippen LogP contribution in [0.2, 0.25) is 0 Å². The minimum atomic E-state index is -4.19. The molecule has 15 heavy (non-hydrogen) atoms. The second-order valence-electron chi connectivity index (χ2n) is 3.49. The van der Waals surface area contributed by atoms with Gasteiger partial charge in [0.15, 0.2) is 5.75 Å². The smallest absolute Gasteiger partial charge is 0.274 e. The number of carbonyl (C=O) groups excluding carboxylic acids is 1. The van der Waals surface area contributed by atoms with Gasteiger partial charge >= 0.3 is 0 Å². The molecule has 0 rings (SSSR count). The highest BCUT2D eigenvalue weighted by Crippen LogP contribution is 2.00. The van der Waals surface area contributed by atoms with E-state index in [1.165, 1.54) is 6.42 Å². The Hall–Kier alpha value is -0.620. The normalized spacial score (nSPS) is 11.3. The fourth-order valence-corrected chi connectivity index (χ4v) is 1.61. The fraction of sp³-hybridized carbons (Fsp3) is 0.889. The zero-order chi connectivity index (χ0) is 11.7. The van der Waals surface area contributed by atoms with Crippen molar-refractivity contribution >= 4 is 16.0 Å². The Bertz CT molecular complexity index is 274. The van der Waals surface area contributed by atoms with Gasteiger partial charge in [0.05, 0.1) is 0 Å². The van der Waals surface area contributed by atoms with E-state index in [1.54, 1.807) is 0 Å². The van der Waals surface area contributed by atoms with E-state index < -0.39 is 21.8 Å². The molecule has 0 aliphatic heterocycles. The summed E-state index contributed by atoms with van der Waals surface area (Å²) in [6.45, 7) is 2.59. The van der Waals surface area contributed by atoms with Crippen molar-refractivity contribution in [3.63, 3.8) is 0 Å². The first-order chi connectivity index (χ1) is 6.95. The lowest BCUT2D eigenvalue weighted by molar-refractivity contribution is -0.118. The average molecular weight is 237 g/mol. The van der Waals surface area contributed by atoms with Crippen LogP contribution < -0.4 is 5.32 Å². The molecule has 0 radical (unpaired) electrons. The van der Waals surface area contributed by atoms with Crippen molar-refractivity contribution in [2.24, 2.45) is 0 Å². The number of hydrogen-bond donors (Lipinski definition) is 2. The third-order valence-electron chi connectivity index (χ3n) is 1.92. The van der Waals surface area contributed by atoms with Crippen LogP contribution in [-0.2, 0) is 14.9 Å². The van der Waals surface area contributed by atoms with Crippen LogP contribution in [0.3, 0.4) is 0 Å². The van der Waals surface area contributed by atoms with Crippen molar-refractivity contribution in [2.45, 2.75) is 39.0 Å². The predicted octanol–water partition coefficient (Wildman–Crippen LogP) is 0.961. The van der Waals surface area contributed by atoms with Gasteiger partial charge in [0.1, 0.15) is 0 Å². The molecule has 0 fully saturated rings. The largest absolute Gasteiger partial charge is 0.355 e. The summed E-state index contributed by atoms with van der Waals surface area (Å²) in [6, 6.07) is 0. The molecule has 0 aliphatic carbocycles. The molecule has 0 aromatic rings. The first kappa shape index (κ1) is 14.4. The van der Waals surface area contributed by atoms with E-state index >= 15 is 0 Å². The van der Waals surface area contributed by atoms with Gasteiger partial charge in [-0.3, -0.25) is 9.35 Å². The SMILES string of the molecule is CCCCCCCNC(=O)CS(=O)(=O)O. The molecule has 5 nitrogen and oxygen atoms in total. The topological polar surface area (TPSA) is 83.5 Å². The van der Waals surface area contributed by atoms with Crippen LogP contribution in [0.15, 0.2) is 0 Å². The Morgan fingerprint density at radius 3 is 2.33 bits per heavy atom. The minimum Gasteiger partial charge on any atom is -0.355 e. The molecule has 0 aromatic heterocycles. The fourth-order valence-electron chi connectivity index (χ4n) is 1.17. The van der Waals surface area contributed by atoms with E-state index in [0.29, 0.717) is 6.54 Å². The Morgan fingerprint density at radius 1 is 1.20 bits per heavy atom. The second-order valence-corrected chi connectivity index (χ2v) is 4.94. The maximum Gasteiger partial charge on any atom is 0.274 e. The molecule has 0 unspecified atom stereocenters. The summed E-state index contributed by atoms with van der Waals surface area (Å²) in [5, 5.41) is 2.44. The third-order valence-corrected chi connectivity index (χ3v) is 2.54. The Morgan fingerprint density at radius 2 is 1.80 bits per heavy atom. The quantitative estimate of drug-likeness (QED) is 0.486. The lowest BCUT2D eigenvalue weighted by Gasteiger charge is -2.03. The van der Waals surface area contributed by atoms with Crippen LogP contribution in [0.1, 0.15) is 39.0 Å². The summed E-state index contributed by atoms with van der Waals surface area (Å²) < 4.78 is 29.0. The van der Waals surface area contributed by atoms with Crippen LogP contribution >= 0.6 is 0 Å². The van der Waals surface area contributed by atoms with Crippen molar-refractivity contribution < 1.29 is 17.8 Å². The highest BCUT2D eigenvalue weighted by atomic mass is 32.2. The van der Waals surface area contributed by atoms with Gasteiger partial charge in [-0.2, -0.15) is 8.42 Å². The van der Waals surface area contributed by atoms with Gasteiger partial charge in [-0.1, -0.05) is 32.6 Å². The third kappa shape index (κ3) is 11.3. The molecule has 0 saturated heterocycles. The van der Waals surface area contributed by atoms with Gasteiger partial charge < -0.3 is 5.32 Å². The Kier molecular flexibility index (Phi) is 7.33. The molecule has 0 atom stereocenters. The van der Waals surface area contributed by atoms with Crippen molar-refractivity contribution in [1.82, 2.24) is 5.32 Å². The highest BCUT2D eigenvalue weighted by molar-refractivity contribution is 7.86. The maximum absolute atomic E-state index is 10.9. The summed E-state index contributed by atoms with van der Waals surface area (Å²) in [5.41, 5.74) is 0. The number of hydrogen-bond acceptors (Lipinski definition) is 3. The number of nitrogens with one attached hydrogen (secondary N) is 1. The van der Waals surface area contributed by atoms with Crippen LogP contribution in [0.5, 0.6) is 0 Å². The van der Waals surface area contributed by atoms with E-state index in [1.807, 2.05) is 0 Å². The maximum atomic E-state index is 10.9. The van der Waals surface area contributed by atoms with Gasteiger partial charge in [-0.25, -0.2) is 0 Å². The molecule has 90 valence electrons. The van der Waals surface area contributed by atoms with E-state index in [4.69, 9.17) is 4.55 Å². The Labute approximate surface area is 91.0 Å². The zero-order valence-electron chi connectivity index (χ0n) is 9.03. The van der Waals surface area contributed by atoms with Crippen LogP contribution in [0.25, 0.3) is 0 Å². The first-order valence-electron chi connectivity index (χ1n) is 5.17. The number of unbranched alkanes of at least 4 members (excludes halogenated alkanes) is 4. The Balaban J connectivity index is 3.40. The van der Waals surface area contributed by atoms with Crippen molar-refractivity contribution in [1.29, 1.82) is 0 Å². The van der Waals surface area contributed by atoms with E-state index in [9.17, 15) is 13.2 Å². The van der Waals surface area contributed by atoms with Gasteiger partial charge in [0.2, 0.25) is 5.91 Å². The lowest BCUT2D eigenvalue weighted by Crippen LogP contribution is -2.30. The van der Waals surface area contributed by atoms with Crippen molar-refractivity contribution in [3.8, 4) is 0 Å². The molecular formula is C9H19NO4S. The van der Waals surface area contributed by atoms with Gasteiger partial charge in [0, 0.05) is 6.54 Å². The molecule has 1 amide bonds. The van der Waals surface area contributed by atoms with Gasteiger partial charge in [-0.05, 0) is 6.42 Å². The molecule has 6 heteroatoms. The summed E-state index contributed by atoms with van der Waals surface area (Å²) in [4.78, 5) is 10.9. The van der Waals surface area contributed by atoms with Crippen LogP contribution in [0.4, 0.5) is 0 Å². The molecule has 0 aromatic carbocycles. The first-order valence-corrected chi connectivity index (χ1v) is 6.78. The van der Waals surface area contributed by atoms with E-state index in [0.717, 1.165) is 25.7 Å². The minimum absolute atomic E-state index is 0.470. The molecular weight excluding hydrogens is 218 g/mol. The highest BCUT2D eigenvalue weighted by Gasteiger charge is 2.11. The van der Waals surface area contributed by atoms with Crippen LogP contribution in [0, 0.1) is 0 Å². The number of amides is 1. The van der Waals surface area contributed by atoms with Crippen LogP contribution in [-0.4, -0.2) is 31.2 Å². The van der Waals surface area contributed by atoms with E-state index in [2.05, 4.69) is 12.2 Å². The summed E-state index contributed by atoms with van der Waals surface area (Å²) in [6.07, 6.45) is 5.34. The summed E-state index contributed by atoms with van der Waals surface area (Å²) in [5.74, 6) is -1.49. The van der Waals surface area contributed by atoms with E-state index in [-0.39, 0.29) is 0 Å². The number of rotatable bonds is 8. The summed E-state index contributed by atoms with van der Waals surface area (Å²) in [7, 11) is -4.19. The van der Waals surface area contributed by atoms with Gasteiger partial charge in [-0.15, -0.1) is 0 Å². The average Bonchev–Trinajstić information content (AvgIpc) is 2.08. The molecule has 0 spiro atoms. The standard InChI is InChI=1S/C9H19NO4S/c1-2-3-4-5-6-7-10-9(11)8-15(12,13)14/h2-8H2,1H3,(H,10,11)(H,12,13,14). The lowest BCUT2D eigenvalue weighted by atomic mass is 10.1. The molecule has 0 aliphatic rings. The predicted molar refractivity (Wildman–Crippen MR) is 58.2 cm³/mol.